The average molecular weight is 391 g/mol. The molecule has 2 aromatic heterocycles. The number of H-pyrrole nitrogens is 1. The molecule has 0 radical (unpaired) electrons. The molecule has 3 N–H and O–H groups in total. The van der Waals surface area contributed by atoms with Gasteiger partial charge >= 0.3 is 5.97 Å². The maximum atomic E-state index is 12.3. The number of carboxylic acids is 1. The Hall–Kier alpha value is -3.45. The predicted octanol–water partition coefficient (Wildman–Crippen LogP) is 4.56. The summed E-state index contributed by atoms with van der Waals surface area (Å²) in [6.07, 6.45) is 0.873. The van der Waals surface area contributed by atoms with Crippen LogP contribution < -0.4 is 5.32 Å². The number of thiophene rings is 1. The summed E-state index contributed by atoms with van der Waals surface area (Å²) in [5.74, 6) is -0.848. The molecule has 0 saturated carbocycles. The van der Waals surface area contributed by atoms with Crippen LogP contribution in [0.3, 0.4) is 0 Å². The SMILES string of the molecule is O=C(CCc1ccccc1)Nc1scc(-c2nc3ccccc3[nH]2)c1C(=O)O. The van der Waals surface area contributed by atoms with E-state index in [1.54, 1.807) is 5.38 Å². The van der Waals surface area contributed by atoms with E-state index in [1.165, 1.54) is 11.3 Å². The van der Waals surface area contributed by atoms with Gasteiger partial charge in [-0.05, 0) is 24.1 Å². The quantitative estimate of drug-likeness (QED) is 0.449. The van der Waals surface area contributed by atoms with Crippen molar-refractivity contribution in [2.75, 3.05) is 5.32 Å². The van der Waals surface area contributed by atoms with E-state index in [2.05, 4.69) is 15.3 Å². The minimum atomic E-state index is -1.10. The van der Waals surface area contributed by atoms with E-state index >= 15 is 0 Å². The van der Waals surface area contributed by atoms with Crippen LogP contribution >= 0.6 is 11.3 Å². The first-order valence-corrected chi connectivity index (χ1v) is 9.63. The van der Waals surface area contributed by atoms with E-state index in [-0.39, 0.29) is 17.9 Å². The number of carboxylic acid groups (broad SMARTS) is 1. The van der Waals surface area contributed by atoms with Crippen molar-refractivity contribution in [3.8, 4) is 11.4 Å². The number of imidazole rings is 1. The molecule has 0 spiro atoms. The van der Waals surface area contributed by atoms with Crippen LogP contribution in [0.4, 0.5) is 5.00 Å². The van der Waals surface area contributed by atoms with Gasteiger partial charge in [-0.25, -0.2) is 9.78 Å². The van der Waals surface area contributed by atoms with E-state index < -0.39 is 5.97 Å². The first kappa shape index (κ1) is 17.9. The Morgan fingerprint density at radius 1 is 1.07 bits per heavy atom. The Morgan fingerprint density at radius 3 is 2.57 bits per heavy atom. The molecule has 2 aromatic carbocycles. The van der Waals surface area contributed by atoms with Crippen LogP contribution in [0.15, 0.2) is 60.0 Å². The first-order valence-electron chi connectivity index (χ1n) is 8.75. The molecule has 0 aliphatic carbocycles. The second-order valence-corrected chi connectivity index (χ2v) is 7.17. The van der Waals surface area contributed by atoms with Gasteiger partial charge in [0.1, 0.15) is 16.4 Å². The van der Waals surface area contributed by atoms with Crippen LogP contribution in [0.5, 0.6) is 0 Å². The fourth-order valence-electron chi connectivity index (χ4n) is 3.01. The Labute approximate surface area is 164 Å². The molecule has 4 rings (SSSR count). The molecule has 0 aliphatic rings. The van der Waals surface area contributed by atoms with Crippen molar-refractivity contribution in [2.45, 2.75) is 12.8 Å². The molecule has 1 amide bonds. The highest BCUT2D eigenvalue weighted by atomic mass is 32.1. The number of rotatable bonds is 6. The van der Waals surface area contributed by atoms with Crippen molar-refractivity contribution >= 4 is 39.2 Å². The number of nitrogens with zero attached hydrogens (tertiary/aromatic N) is 1. The van der Waals surface area contributed by atoms with E-state index in [4.69, 9.17) is 0 Å². The Morgan fingerprint density at radius 2 is 1.82 bits per heavy atom. The maximum absolute atomic E-state index is 12.3. The number of aryl methyl sites for hydroxylation is 1. The van der Waals surface area contributed by atoms with Crippen LogP contribution in [0.1, 0.15) is 22.3 Å². The van der Waals surface area contributed by atoms with E-state index in [0.717, 1.165) is 16.6 Å². The van der Waals surface area contributed by atoms with Crippen molar-refractivity contribution in [2.24, 2.45) is 0 Å². The van der Waals surface area contributed by atoms with Gasteiger partial charge in [-0.1, -0.05) is 42.5 Å². The van der Waals surface area contributed by atoms with Gasteiger partial charge in [0.25, 0.3) is 0 Å². The molecule has 2 heterocycles. The lowest BCUT2D eigenvalue weighted by Crippen LogP contribution is -2.14. The molecule has 0 aliphatic heterocycles. The Bertz CT molecular complexity index is 1120. The summed E-state index contributed by atoms with van der Waals surface area (Å²) in [4.78, 5) is 31.8. The molecular formula is C21H17N3O3S. The molecule has 6 nitrogen and oxygen atoms in total. The zero-order valence-corrected chi connectivity index (χ0v) is 15.6. The summed E-state index contributed by atoms with van der Waals surface area (Å²) in [6, 6.07) is 17.2. The number of carbonyl (C=O) groups excluding carboxylic acids is 1. The Balaban J connectivity index is 1.56. The van der Waals surface area contributed by atoms with Crippen molar-refractivity contribution in [3.05, 3.63) is 71.1 Å². The van der Waals surface area contributed by atoms with Crippen LogP contribution in [-0.2, 0) is 11.2 Å². The summed E-state index contributed by atoms with van der Waals surface area (Å²) < 4.78 is 0. The molecule has 140 valence electrons. The number of hydrogen-bond donors (Lipinski definition) is 3. The summed E-state index contributed by atoms with van der Waals surface area (Å²) in [6.45, 7) is 0. The molecule has 0 saturated heterocycles. The van der Waals surface area contributed by atoms with Gasteiger partial charge in [0, 0.05) is 17.4 Å². The first-order chi connectivity index (χ1) is 13.6. The lowest BCUT2D eigenvalue weighted by molar-refractivity contribution is -0.116. The van der Waals surface area contributed by atoms with Gasteiger partial charge in [-0.3, -0.25) is 4.79 Å². The van der Waals surface area contributed by atoms with Gasteiger partial charge in [-0.15, -0.1) is 11.3 Å². The van der Waals surface area contributed by atoms with Crippen molar-refractivity contribution in [1.82, 2.24) is 9.97 Å². The number of amides is 1. The van der Waals surface area contributed by atoms with E-state index in [9.17, 15) is 14.7 Å². The highest BCUT2D eigenvalue weighted by molar-refractivity contribution is 7.15. The highest BCUT2D eigenvalue weighted by Crippen LogP contribution is 2.35. The zero-order chi connectivity index (χ0) is 19.5. The van der Waals surface area contributed by atoms with Gasteiger partial charge < -0.3 is 15.4 Å². The summed E-state index contributed by atoms with van der Waals surface area (Å²) in [5, 5.41) is 14.5. The lowest BCUT2D eigenvalue weighted by atomic mass is 10.1. The number of aromatic carboxylic acids is 1. The number of fused-ring (bicyclic) bond motifs is 1. The molecule has 7 heteroatoms. The second kappa shape index (κ2) is 7.66. The third-order valence-corrected chi connectivity index (χ3v) is 5.28. The third kappa shape index (κ3) is 3.65. The van der Waals surface area contributed by atoms with E-state index in [0.29, 0.717) is 22.8 Å². The number of benzene rings is 2. The van der Waals surface area contributed by atoms with Gasteiger partial charge in [0.2, 0.25) is 5.91 Å². The topological polar surface area (TPSA) is 95.1 Å². The molecule has 4 aromatic rings. The largest absolute Gasteiger partial charge is 0.478 e. The number of aromatic nitrogens is 2. The standard InChI is InChI=1S/C21H17N3O3S/c25-17(11-10-13-6-2-1-3-7-13)24-20-18(21(26)27)14(12-28-20)19-22-15-8-4-5-9-16(15)23-19/h1-9,12H,10-11H2,(H,22,23)(H,24,25)(H,26,27). The number of aromatic amines is 1. The average Bonchev–Trinajstić information content (AvgIpc) is 3.31. The smallest absolute Gasteiger partial charge is 0.339 e. The third-order valence-electron chi connectivity index (χ3n) is 4.39. The highest BCUT2D eigenvalue weighted by Gasteiger charge is 2.23. The predicted molar refractivity (Wildman–Crippen MR) is 110 cm³/mol. The van der Waals surface area contributed by atoms with Crippen molar-refractivity contribution < 1.29 is 14.7 Å². The van der Waals surface area contributed by atoms with Gasteiger partial charge in [-0.2, -0.15) is 0 Å². The normalized spacial score (nSPS) is 10.9. The number of para-hydroxylation sites is 2. The lowest BCUT2D eigenvalue weighted by Gasteiger charge is -2.05. The fraction of sp³-hybridized carbons (Fsp3) is 0.0952. The van der Waals surface area contributed by atoms with Crippen LogP contribution in [0.2, 0.25) is 0 Å². The van der Waals surface area contributed by atoms with Crippen LogP contribution in [-0.4, -0.2) is 27.0 Å². The van der Waals surface area contributed by atoms with Crippen LogP contribution in [0.25, 0.3) is 22.4 Å². The summed E-state index contributed by atoms with van der Waals surface area (Å²) in [7, 11) is 0. The molecule has 28 heavy (non-hydrogen) atoms. The number of carbonyl (C=O) groups is 2. The monoisotopic (exact) mass is 391 g/mol. The number of anilines is 1. The van der Waals surface area contributed by atoms with E-state index in [1.807, 2.05) is 54.6 Å². The minimum absolute atomic E-state index is 0.0529. The fourth-order valence-corrected chi connectivity index (χ4v) is 3.96. The number of nitrogens with one attached hydrogen (secondary N) is 2. The molecular weight excluding hydrogens is 374 g/mol. The van der Waals surface area contributed by atoms with Crippen molar-refractivity contribution in [3.63, 3.8) is 0 Å². The molecule has 0 unspecified atom stereocenters. The summed E-state index contributed by atoms with van der Waals surface area (Å²) >= 11 is 1.19. The summed E-state index contributed by atoms with van der Waals surface area (Å²) in [5.41, 5.74) is 3.16. The van der Waals surface area contributed by atoms with Crippen molar-refractivity contribution in [1.29, 1.82) is 0 Å². The number of hydrogen-bond acceptors (Lipinski definition) is 4. The molecule has 0 fully saturated rings. The Kier molecular flexibility index (Phi) is 4.90. The molecule has 0 atom stereocenters. The minimum Gasteiger partial charge on any atom is -0.478 e. The van der Waals surface area contributed by atoms with Crippen LogP contribution in [0, 0.1) is 0 Å². The second-order valence-electron chi connectivity index (χ2n) is 6.29. The molecule has 0 bridgehead atoms. The van der Waals surface area contributed by atoms with Gasteiger partial charge in [0.15, 0.2) is 0 Å². The zero-order valence-electron chi connectivity index (χ0n) is 14.8. The van der Waals surface area contributed by atoms with Gasteiger partial charge in [0.05, 0.1) is 11.0 Å². The maximum Gasteiger partial charge on any atom is 0.339 e.